The number of carbonyl (C=O) groups excluding carboxylic acids is 4. The zero-order chi connectivity index (χ0) is 27.5. The third-order valence-electron chi connectivity index (χ3n) is 6.61. The van der Waals surface area contributed by atoms with E-state index in [1.165, 1.54) is 24.3 Å². The number of esters is 1. The Morgan fingerprint density at radius 3 is 2.46 bits per heavy atom. The first kappa shape index (κ1) is 26.6. The molecule has 1 unspecified atom stereocenters. The van der Waals surface area contributed by atoms with Gasteiger partial charge in [-0.15, -0.1) is 0 Å². The summed E-state index contributed by atoms with van der Waals surface area (Å²) in [5.74, 6) is -1.87. The van der Waals surface area contributed by atoms with Crippen molar-refractivity contribution in [1.82, 2.24) is 4.98 Å². The van der Waals surface area contributed by atoms with E-state index in [1.807, 2.05) is 6.07 Å². The van der Waals surface area contributed by atoms with Gasteiger partial charge in [-0.3, -0.25) is 14.4 Å². The number of nitriles is 1. The van der Waals surface area contributed by atoms with Crippen LogP contribution in [0.3, 0.4) is 0 Å². The lowest BCUT2D eigenvalue weighted by atomic mass is 9.95. The van der Waals surface area contributed by atoms with Crippen LogP contribution in [0, 0.1) is 11.3 Å². The summed E-state index contributed by atoms with van der Waals surface area (Å²) in [4.78, 5) is 56.4. The van der Waals surface area contributed by atoms with Crippen molar-refractivity contribution in [3.63, 3.8) is 0 Å². The molecule has 2 aliphatic rings. The van der Waals surface area contributed by atoms with Crippen molar-refractivity contribution < 1.29 is 23.9 Å². The van der Waals surface area contributed by atoms with Crippen LogP contribution in [0.25, 0.3) is 0 Å². The maximum absolute atomic E-state index is 13.2. The number of amides is 2. The molecule has 10 heteroatoms. The molecule has 1 aliphatic carbocycles. The van der Waals surface area contributed by atoms with Crippen molar-refractivity contribution in [2.45, 2.75) is 42.4 Å². The van der Waals surface area contributed by atoms with Crippen LogP contribution in [0.4, 0.5) is 5.69 Å². The Kier molecular flexibility index (Phi) is 7.77. The second kappa shape index (κ2) is 11.4. The predicted molar refractivity (Wildman–Crippen MR) is 145 cm³/mol. The molecular formula is C29H22ClN3O5S. The van der Waals surface area contributed by atoms with Gasteiger partial charge in [-0.1, -0.05) is 23.4 Å². The summed E-state index contributed by atoms with van der Waals surface area (Å²) < 4.78 is 5.12. The van der Waals surface area contributed by atoms with Gasteiger partial charge in [0, 0.05) is 22.7 Å². The lowest BCUT2D eigenvalue weighted by Crippen LogP contribution is -2.31. The number of pyridine rings is 1. The number of nitrogens with zero attached hydrogens (tertiary/aromatic N) is 3. The minimum absolute atomic E-state index is 0.0241. The summed E-state index contributed by atoms with van der Waals surface area (Å²) in [5.41, 5.74) is 3.30. The third kappa shape index (κ3) is 5.72. The first-order valence-corrected chi connectivity index (χ1v) is 13.6. The van der Waals surface area contributed by atoms with Gasteiger partial charge in [0.1, 0.15) is 11.1 Å². The van der Waals surface area contributed by atoms with E-state index in [-0.39, 0.29) is 23.7 Å². The van der Waals surface area contributed by atoms with E-state index < -0.39 is 23.7 Å². The Morgan fingerprint density at radius 1 is 1.05 bits per heavy atom. The first-order valence-electron chi connectivity index (χ1n) is 12.4. The van der Waals surface area contributed by atoms with Crippen LogP contribution in [0.1, 0.15) is 56.8 Å². The van der Waals surface area contributed by atoms with Gasteiger partial charge in [0.25, 0.3) is 0 Å². The highest BCUT2D eigenvalue weighted by Crippen LogP contribution is 2.36. The summed E-state index contributed by atoms with van der Waals surface area (Å²) in [5, 5.41) is 9.88. The third-order valence-corrected chi connectivity index (χ3v) is 8.05. The number of hydrogen-bond donors (Lipinski definition) is 0. The Balaban J connectivity index is 1.24. The van der Waals surface area contributed by atoms with Crippen molar-refractivity contribution in [1.29, 1.82) is 5.26 Å². The normalized spacial score (nSPS) is 16.5. The molecule has 1 aliphatic heterocycles. The van der Waals surface area contributed by atoms with Gasteiger partial charge in [-0.05, 0) is 85.8 Å². The number of rotatable bonds is 7. The maximum Gasteiger partial charge on any atom is 0.338 e. The molecule has 0 spiro atoms. The van der Waals surface area contributed by atoms with Crippen molar-refractivity contribution in [2.75, 3.05) is 11.5 Å². The number of Topliss-reactive ketones (excluding diaryl/α,β-unsaturated/α-hetero) is 1. The number of imide groups is 1. The van der Waals surface area contributed by atoms with Gasteiger partial charge in [-0.2, -0.15) is 5.26 Å². The fraction of sp³-hybridized carbons (Fsp3) is 0.241. The second-order valence-corrected chi connectivity index (χ2v) is 10.8. The Bertz CT molecular complexity index is 1520. The van der Waals surface area contributed by atoms with Crippen LogP contribution in [0.2, 0.25) is 5.02 Å². The summed E-state index contributed by atoms with van der Waals surface area (Å²) in [6.45, 7) is -0.439. The van der Waals surface area contributed by atoms with E-state index in [0.29, 0.717) is 26.9 Å². The van der Waals surface area contributed by atoms with Gasteiger partial charge < -0.3 is 4.74 Å². The van der Waals surface area contributed by atoms with Crippen LogP contribution < -0.4 is 4.90 Å². The Labute approximate surface area is 233 Å². The fourth-order valence-corrected chi connectivity index (χ4v) is 5.79. The van der Waals surface area contributed by atoms with Crippen LogP contribution in [0.5, 0.6) is 0 Å². The SMILES string of the molecule is N#Cc1cc2c(nc1SC1CC(=O)N(c3ccc(C(=O)OCC(=O)c4ccc(Cl)cc4)cc3)C1=O)CCCC2. The Morgan fingerprint density at radius 2 is 1.74 bits per heavy atom. The number of halogens is 1. The number of carbonyl (C=O) groups is 4. The average molecular weight is 560 g/mol. The van der Waals surface area contributed by atoms with Crippen molar-refractivity contribution in [2.24, 2.45) is 0 Å². The van der Waals surface area contributed by atoms with E-state index in [1.54, 1.807) is 24.3 Å². The number of hydrogen-bond acceptors (Lipinski definition) is 8. The largest absolute Gasteiger partial charge is 0.454 e. The van der Waals surface area contributed by atoms with Crippen LogP contribution >= 0.6 is 23.4 Å². The molecule has 1 fully saturated rings. The first-order chi connectivity index (χ1) is 18.8. The number of benzene rings is 2. The van der Waals surface area contributed by atoms with Crippen molar-refractivity contribution in [3.05, 3.63) is 87.6 Å². The summed E-state index contributed by atoms with van der Waals surface area (Å²) in [6.07, 6.45) is 3.80. The zero-order valence-electron chi connectivity index (χ0n) is 20.7. The number of ether oxygens (including phenoxy) is 1. The molecule has 0 bridgehead atoms. The van der Waals surface area contributed by atoms with Crippen LogP contribution in [-0.2, 0) is 27.2 Å². The molecule has 196 valence electrons. The summed E-state index contributed by atoms with van der Waals surface area (Å²) in [7, 11) is 0. The standard InChI is InChI=1S/C29H22ClN3O5S/c30-21-9-5-17(6-10-21)24(34)16-38-29(37)18-7-11-22(12-8-18)33-26(35)14-25(28(33)36)39-27-20(15-31)13-19-3-1-2-4-23(19)32-27/h5-13,25H,1-4,14,16H2. The van der Waals surface area contributed by atoms with Gasteiger partial charge in [-0.25, -0.2) is 14.7 Å². The second-order valence-electron chi connectivity index (χ2n) is 9.20. The zero-order valence-corrected chi connectivity index (χ0v) is 22.3. The molecule has 2 aromatic carbocycles. The van der Waals surface area contributed by atoms with E-state index in [4.69, 9.17) is 16.3 Å². The molecule has 1 aromatic heterocycles. The fourth-order valence-electron chi connectivity index (χ4n) is 4.57. The van der Waals surface area contributed by atoms with E-state index in [2.05, 4.69) is 11.1 Å². The molecule has 2 heterocycles. The molecule has 39 heavy (non-hydrogen) atoms. The highest BCUT2D eigenvalue weighted by molar-refractivity contribution is 8.00. The van der Waals surface area contributed by atoms with Crippen molar-refractivity contribution in [3.8, 4) is 6.07 Å². The van der Waals surface area contributed by atoms with Gasteiger partial charge in [0.2, 0.25) is 11.8 Å². The van der Waals surface area contributed by atoms with Gasteiger partial charge in [0.05, 0.1) is 22.1 Å². The van der Waals surface area contributed by atoms with Gasteiger partial charge in [0.15, 0.2) is 12.4 Å². The van der Waals surface area contributed by atoms with E-state index in [0.717, 1.165) is 53.6 Å². The smallest absolute Gasteiger partial charge is 0.338 e. The molecule has 8 nitrogen and oxygen atoms in total. The van der Waals surface area contributed by atoms with E-state index in [9.17, 15) is 24.4 Å². The number of anilines is 1. The van der Waals surface area contributed by atoms with Crippen molar-refractivity contribution >= 4 is 52.6 Å². The predicted octanol–water partition coefficient (Wildman–Crippen LogP) is 4.95. The average Bonchev–Trinajstić information content (AvgIpc) is 3.23. The number of aromatic nitrogens is 1. The lowest BCUT2D eigenvalue weighted by Gasteiger charge is -2.18. The summed E-state index contributed by atoms with van der Waals surface area (Å²) >= 11 is 6.97. The Hall–Kier alpha value is -4.00. The molecule has 3 aromatic rings. The quantitative estimate of drug-likeness (QED) is 0.227. The topological polar surface area (TPSA) is 117 Å². The highest BCUT2D eigenvalue weighted by Gasteiger charge is 2.41. The minimum atomic E-state index is -0.709. The summed E-state index contributed by atoms with van der Waals surface area (Å²) in [6, 6.07) is 16.1. The molecule has 2 amide bonds. The monoisotopic (exact) mass is 559 g/mol. The highest BCUT2D eigenvalue weighted by atomic mass is 35.5. The molecule has 0 radical (unpaired) electrons. The molecule has 0 saturated carbocycles. The maximum atomic E-state index is 13.2. The number of thioether (sulfide) groups is 1. The van der Waals surface area contributed by atoms with Gasteiger partial charge >= 0.3 is 5.97 Å². The molecule has 0 N–H and O–H groups in total. The van der Waals surface area contributed by atoms with Crippen LogP contribution in [0.15, 0.2) is 59.6 Å². The number of aryl methyl sites for hydroxylation is 2. The number of fused-ring (bicyclic) bond motifs is 1. The van der Waals surface area contributed by atoms with Crippen LogP contribution in [-0.4, -0.2) is 40.4 Å². The van der Waals surface area contributed by atoms with E-state index >= 15 is 0 Å². The molecular weight excluding hydrogens is 538 g/mol. The minimum Gasteiger partial charge on any atom is -0.454 e. The lowest BCUT2D eigenvalue weighted by molar-refractivity contribution is -0.121. The molecule has 1 atom stereocenters. The number of ketones is 1. The molecule has 5 rings (SSSR count). The molecule has 1 saturated heterocycles.